The molecule has 0 amide bonds. The smallest absolute Gasteiger partial charge is 0.0788 e. The van der Waals surface area contributed by atoms with Crippen molar-refractivity contribution in [3.05, 3.63) is 0 Å². The molecule has 0 aliphatic rings. The lowest BCUT2D eigenvalue weighted by Gasteiger charge is -2.39. The van der Waals surface area contributed by atoms with E-state index in [1.54, 1.807) is 0 Å². The number of hydrogen-bond donors (Lipinski definition) is 0. The molecule has 0 aliphatic heterocycles. The lowest BCUT2D eigenvalue weighted by molar-refractivity contribution is -0.931. The number of hydrogen-bond acceptors (Lipinski definition) is 0. The minimum atomic E-state index is 1.33. The lowest BCUT2D eigenvalue weighted by atomic mass is 10.1. The van der Waals surface area contributed by atoms with Crippen LogP contribution in [-0.2, 0) is 0 Å². The Hall–Kier alpha value is -0.0800. The minimum Gasteiger partial charge on any atom is -0.324 e. The van der Waals surface area contributed by atoms with Crippen molar-refractivity contribution in [3.8, 4) is 0 Å². The third-order valence-corrected chi connectivity index (χ3v) is 10.2. The molecule has 0 rings (SSSR count). The van der Waals surface area contributed by atoms with Crippen molar-refractivity contribution in [1.29, 1.82) is 0 Å². The van der Waals surface area contributed by atoms with Gasteiger partial charge in [-0.05, 0) is 53.4 Å². The van der Waals surface area contributed by atoms with Gasteiger partial charge in [-0.3, -0.25) is 0 Å². The number of unbranched alkanes of at least 4 members (excludes halogenated alkanes) is 19. The summed E-state index contributed by atoms with van der Waals surface area (Å²) in [5, 5.41) is 0. The Bertz CT molecular complexity index is 410. The van der Waals surface area contributed by atoms with Crippen LogP contribution in [0.4, 0.5) is 0 Å². The largest absolute Gasteiger partial charge is 0.324 e. The van der Waals surface area contributed by atoms with E-state index >= 15 is 0 Å². The SMILES string of the molecule is CCCCCCCCCCCC[N+](CC)(CC)CCCC[N+](CC)(CC)CCCCCCCCCCCC. The fourth-order valence-electron chi connectivity index (χ4n) is 6.70. The zero-order chi connectivity index (χ0) is 28.2. The minimum absolute atomic E-state index is 1.33. The molecule has 0 spiro atoms. The molecular formula is C36H78N2+2. The molecule has 0 saturated carbocycles. The third-order valence-electron chi connectivity index (χ3n) is 10.2. The zero-order valence-corrected chi connectivity index (χ0v) is 28.1. The highest BCUT2D eigenvalue weighted by Crippen LogP contribution is 2.18. The quantitative estimate of drug-likeness (QED) is 0.0608. The van der Waals surface area contributed by atoms with E-state index in [0.29, 0.717) is 0 Å². The van der Waals surface area contributed by atoms with Gasteiger partial charge in [0.25, 0.3) is 0 Å². The lowest BCUT2D eigenvalue weighted by Crippen LogP contribution is -2.51. The first-order chi connectivity index (χ1) is 18.6. The summed E-state index contributed by atoms with van der Waals surface area (Å²) >= 11 is 0. The predicted octanol–water partition coefficient (Wildman–Crippen LogP) is 11.3. The van der Waals surface area contributed by atoms with Gasteiger partial charge in [0.15, 0.2) is 0 Å². The Labute approximate surface area is 243 Å². The van der Waals surface area contributed by atoms with Gasteiger partial charge in [-0.25, -0.2) is 0 Å². The summed E-state index contributed by atoms with van der Waals surface area (Å²) in [4.78, 5) is 0. The van der Waals surface area contributed by atoms with E-state index < -0.39 is 0 Å². The van der Waals surface area contributed by atoms with E-state index in [-0.39, 0.29) is 0 Å². The highest BCUT2D eigenvalue weighted by molar-refractivity contribution is 4.52. The maximum atomic E-state index is 2.45. The number of rotatable bonds is 31. The van der Waals surface area contributed by atoms with Gasteiger partial charge in [0.1, 0.15) is 0 Å². The molecule has 0 fully saturated rings. The van der Waals surface area contributed by atoms with Crippen LogP contribution >= 0.6 is 0 Å². The molecule has 0 unspecified atom stereocenters. The van der Waals surface area contributed by atoms with Crippen LogP contribution in [0.1, 0.15) is 183 Å². The molecule has 0 aromatic carbocycles. The predicted molar refractivity (Wildman–Crippen MR) is 175 cm³/mol. The second kappa shape index (κ2) is 27.1. The van der Waals surface area contributed by atoms with Crippen molar-refractivity contribution in [2.24, 2.45) is 0 Å². The molecule has 0 N–H and O–H groups in total. The van der Waals surface area contributed by atoms with E-state index in [1.807, 2.05) is 0 Å². The normalized spacial score (nSPS) is 12.5. The van der Waals surface area contributed by atoms with Crippen LogP contribution < -0.4 is 0 Å². The summed E-state index contributed by atoms with van der Waals surface area (Å²) in [6, 6.07) is 0. The van der Waals surface area contributed by atoms with Gasteiger partial charge in [-0.15, -0.1) is 0 Å². The summed E-state index contributed by atoms with van der Waals surface area (Å²) in [6.45, 7) is 25.4. The molecule has 0 aromatic rings. The van der Waals surface area contributed by atoms with Gasteiger partial charge in [0.2, 0.25) is 0 Å². The molecule has 2 nitrogen and oxygen atoms in total. The Balaban J connectivity index is 4.11. The molecule has 38 heavy (non-hydrogen) atoms. The molecule has 0 aliphatic carbocycles. The maximum absolute atomic E-state index is 2.45. The van der Waals surface area contributed by atoms with Gasteiger partial charge in [-0.1, -0.05) is 117 Å². The van der Waals surface area contributed by atoms with E-state index in [1.165, 1.54) is 203 Å². The number of quaternary nitrogens is 2. The van der Waals surface area contributed by atoms with Crippen LogP contribution in [0, 0.1) is 0 Å². The van der Waals surface area contributed by atoms with E-state index in [0.717, 1.165) is 0 Å². The summed E-state index contributed by atoms with van der Waals surface area (Å²) in [7, 11) is 0. The molecule has 0 radical (unpaired) electrons. The van der Waals surface area contributed by atoms with Gasteiger partial charge in [0.05, 0.1) is 52.4 Å². The first-order valence-electron chi connectivity index (χ1n) is 18.3. The first-order valence-corrected chi connectivity index (χ1v) is 18.3. The average Bonchev–Trinajstić information content (AvgIpc) is 2.95. The van der Waals surface area contributed by atoms with Crippen LogP contribution in [0.2, 0.25) is 0 Å². The van der Waals surface area contributed by atoms with E-state index in [2.05, 4.69) is 41.5 Å². The summed E-state index contributed by atoms with van der Waals surface area (Å²) < 4.78 is 2.74. The molecule has 2 heteroatoms. The van der Waals surface area contributed by atoms with E-state index in [9.17, 15) is 0 Å². The maximum Gasteiger partial charge on any atom is 0.0788 e. The molecular weight excluding hydrogens is 460 g/mol. The van der Waals surface area contributed by atoms with Crippen LogP contribution in [0.25, 0.3) is 0 Å². The summed E-state index contributed by atoms with van der Waals surface area (Å²) in [5.74, 6) is 0. The van der Waals surface area contributed by atoms with Gasteiger partial charge >= 0.3 is 0 Å². The van der Waals surface area contributed by atoms with E-state index in [4.69, 9.17) is 0 Å². The Morgan fingerprint density at radius 2 is 0.421 bits per heavy atom. The Kier molecular flexibility index (Phi) is 27.1. The zero-order valence-electron chi connectivity index (χ0n) is 28.1. The topological polar surface area (TPSA) is 0 Å². The van der Waals surface area contributed by atoms with Crippen LogP contribution in [0.5, 0.6) is 0 Å². The van der Waals surface area contributed by atoms with Crippen molar-refractivity contribution < 1.29 is 8.97 Å². The first kappa shape index (κ1) is 37.9. The van der Waals surface area contributed by atoms with Crippen LogP contribution in [0.3, 0.4) is 0 Å². The van der Waals surface area contributed by atoms with Crippen molar-refractivity contribution >= 4 is 0 Å². The van der Waals surface area contributed by atoms with Gasteiger partial charge < -0.3 is 8.97 Å². The summed E-state index contributed by atoms with van der Waals surface area (Å²) in [5.41, 5.74) is 0. The molecule has 0 atom stereocenters. The fraction of sp³-hybridized carbons (Fsp3) is 1.00. The third kappa shape index (κ3) is 19.9. The van der Waals surface area contributed by atoms with Gasteiger partial charge in [-0.2, -0.15) is 0 Å². The standard InChI is InChI=1S/C36H78N2/c1-7-13-15-17-19-21-23-25-27-29-33-37(9-3,10-4)35-31-32-36-38(11-5,12-6)34-30-28-26-24-22-20-18-16-14-8-2/h7-36H2,1-6H3/q+2. The molecule has 230 valence electrons. The molecule has 0 aromatic heterocycles. The van der Waals surface area contributed by atoms with Crippen LogP contribution in [-0.4, -0.2) is 61.3 Å². The molecule has 0 saturated heterocycles. The highest BCUT2D eigenvalue weighted by Gasteiger charge is 2.25. The fourth-order valence-corrected chi connectivity index (χ4v) is 6.70. The average molecular weight is 539 g/mol. The van der Waals surface area contributed by atoms with Gasteiger partial charge in [0, 0.05) is 12.8 Å². The molecule has 0 bridgehead atoms. The summed E-state index contributed by atoms with van der Waals surface area (Å²) in [6.07, 6.45) is 31.9. The Morgan fingerprint density at radius 3 is 0.632 bits per heavy atom. The Morgan fingerprint density at radius 1 is 0.237 bits per heavy atom. The number of nitrogens with zero attached hydrogens (tertiary/aromatic N) is 2. The van der Waals surface area contributed by atoms with Crippen molar-refractivity contribution in [2.45, 2.75) is 183 Å². The van der Waals surface area contributed by atoms with Crippen LogP contribution in [0.15, 0.2) is 0 Å². The van der Waals surface area contributed by atoms with Crippen molar-refractivity contribution in [2.75, 3.05) is 52.4 Å². The monoisotopic (exact) mass is 539 g/mol. The van der Waals surface area contributed by atoms with Crippen molar-refractivity contribution in [3.63, 3.8) is 0 Å². The second-order valence-electron chi connectivity index (χ2n) is 12.9. The van der Waals surface area contributed by atoms with Crippen molar-refractivity contribution in [1.82, 2.24) is 0 Å². The second-order valence-corrected chi connectivity index (χ2v) is 12.9. The highest BCUT2D eigenvalue weighted by atomic mass is 15.4. The molecule has 0 heterocycles.